The normalized spacial score (nSPS) is 10.3. The molecule has 3 aromatic rings. The first-order chi connectivity index (χ1) is 12.2. The Morgan fingerprint density at radius 3 is 2.60 bits per heavy atom. The highest BCUT2D eigenvalue weighted by Crippen LogP contribution is 2.21. The Morgan fingerprint density at radius 1 is 1.00 bits per heavy atom. The highest BCUT2D eigenvalue weighted by molar-refractivity contribution is 6.10. The third kappa shape index (κ3) is 4.11. The molecule has 0 saturated heterocycles. The molecule has 0 atom stereocenters. The van der Waals surface area contributed by atoms with Crippen molar-refractivity contribution in [3.63, 3.8) is 0 Å². The molecule has 126 valence electrons. The lowest BCUT2D eigenvalue weighted by Gasteiger charge is -2.09. The molecule has 0 aliphatic carbocycles. The van der Waals surface area contributed by atoms with Crippen molar-refractivity contribution in [3.05, 3.63) is 60.8 Å². The number of ether oxygens (including phenoxy) is 1. The number of hydrogen-bond donors (Lipinski definition) is 2. The quantitative estimate of drug-likeness (QED) is 0.702. The maximum atomic E-state index is 12.2. The van der Waals surface area contributed by atoms with Crippen LogP contribution >= 0.6 is 0 Å². The SMILES string of the molecule is COc1cccc(NC(=O)CC(=O)Nc2cccc3cccnc23)c1. The molecule has 2 aromatic carbocycles. The zero-order chi connectivity index (χ0) is 17.6. The van der Waals surface area contributed by atoms with Gasteiger partial charge in [-0.3, -0.25) is 14.6 Å². The number of benzene rings is 2. The molecule has 2 N–H and O–H groups in total. The summed E-state index contributed by atoms with van der Waals surface area (Å²) in [6.45, 7) is 0. The van der Waals surface area contributed by atoms with Crippen molar-refractivity contribution in [3.8, 4) is 5.75 Å². The van der Waals surface area contributed by atoms with Crippen LogP contribution in [0.25, 0.3) is 10.9 Å². The van der Waals surface area contributed by atoms with Crippen molar-refractivity contribution in [2.24, 2.45) is 0 Å². The second-order valence-corrected chi connectivity index (χ2v) is 5.39. The van der Waals surface area contributed by atoms with Gasteiger partial charge in [-0.1, -0.05) is 24.3 Å². The Hall–Kier alpha value is -3.41. The number of hydrogen-bond acceptors (Lipinski definition) is 4. The number of para-hydroxylation sites is 1. The summed E-state index contributed by atoms with van der Waals surface area (Å²) in [7, 11) is 1.55. The van der Waals surface area contributed by atoms with E-state index in [1.54, 1.807) is 43.6 Å². The number of fused-ring (bicyclic) bond motifs is 1. The van der Waals surface area contributed by atoms with Gasteiger partial charge in [0.25, 0.3) is 0 Å². The van der Waals surface area contributed by atoms with E-state index < -0.39 is 11.8 Å². The average molecular weight is 335 g/mol. The van der Waals surface area contributed by atoms with E-state index in [1.165, 1.54) is 0 Å². The van der Waals surface area contributed by atoms with Gasteiger partial charge >= 0.3 is 0 Å². The molecule has 0 radical (unpaired) electrons. The molecule has 0 saturated carbocycles. The van der Waals surface area contributed by atoms with Gasteiger partial charge in [0, 0.05) is 23.3 Å². The van der Waals surface area contributed by atoms with Gasteiger partial charge in [0.05, 0.1) is 18.3 Å². The minimum Gasteiger partial charge on any atom is -0.497 e. The van der Waals surface area contributed by atoms with Crippen molar-refractivity contribution in [2.45, 2.75) is 6.42 Å². The van der Waals surface area contributed by atoms with Crippen LogP contribution in [-0.2, 0) is 9.59 Å². The number of carbonyl (C=O) groups excluding carboxylic acids is 2. The van der Waals surface area contributed by atoms with Gasteiger partial charge in [-0.2, -0.15) is 0 Å². The molecule has 0 bridgehead atoms. The number of methoxy groups -OCH3 is 1. The summed E-state index contributed by atoms with van der Waals surface area (Å²) in [4.78, 5) is 28.5. The summed E-state index contributed by atoms with van der Waals surface area (Å²) in [6, 6.07) is 16.2. The van der Waals surface area contributed by atoms with E-state index in [2.05, 4.69) is 15.6 Å². The van der Waals surface area contributed by atoms with Crippen molar-refractivity contribution < 1.29 is 14.3 Å². The van der Waals surface area contributed by atoms with Gasteiger partial charge in [-0.25, -0.2) is 0 Å². The fourth-order valence-electron chi connectivity index (χ4n) is 2.45. The van der Waals surface area contributed by atoms with E-state index >= 15 is 0 Å². The molecule has 2 amide bonds. The van der Waals surface area contributed by atoms with E-state index in [0.29, 0.717) is 22.6 Å². The molecule has 25 heavy (non-hydrogen) atoms. The monoisotopic (exact) mass is 335 g/mol. The van der Waals surface area contributed by atoms with Crippen molar-refractivity contribution in [1.82, 2.24) is 4.98 Å². The Balaban J connectivity index is 1.64. The molecule has 0 aliphatic heterocycles. The fourth-order valence-corrected chi connectivity index (χ4v) is 2.45. The first kappa shape index (κ1) is 16.4. The van der Waals surface area contributed by atoms with Gasteiger partial charge in [0.1, 0.15) is 12.2 Å². The Morgan fingerprint density at radius 2 is 1.76 bits per heavy atom. The van der Waals surface area contributed by atoms with Crippen LogP contribution in [0.1, 0.15) is 6.42 Å². The third-order valence-electron chi connectivity index (χ3n) is 3.58. The molecule has 3 rings (SSSR count). The Kier molecular flexibility index (Phi) is 4.89. The second kappa shape index (κ2) is 7.44. The van der Waals surface area contributed by atoms with E-state index in [4.69, 9.17) is 4.74 Å². The number of rotatable bonds is 5. The maximum Gasteiger partial charge on any atom is 0.233 e. The molecule has 6 heteroatoms. The lowest BCUT2D eigenvalue weighted by atomic mass is 10.2. The van der Waals surface area contributed by atoms with Crippen molar-refractivity contribution in [1.29, 1.82) is 0 Å². The van der Waals surface area contributed by atoms with Gasteiger partial charge in [-0.05, 0) is 24.3 Å². The highest BCUT2D eigenvalue weighted by Gasteiger charge is 2.12. The lowest BCUT2D eigenvalue weighted by molar-refractivity contribution is -0.123. The summed E-state index contributed by atoms with van der Waals surface area (Å²) < 4.78 is 5.10. The zero-order valence-corrected chi connectivity index (χ0v) is 13.7. The standard InChI is InChI=1S/C19H17N3O3/c1-25-15-8-3-7-14(11-15)21-17(23)12-18(24)22-16-9-2-5-13-6-4-10-20-19(13)16/h2-11H,12H2,1H3,(H,21,23)(H,22,24). The molecule has 0 aliphatic rings. The van der Waals surface area contributed by atoms with Crippen LogP contribution in [0, 0.1) is 0 Å². The Labute approximate surface area is 144 Å². The highest BCUT2D eigenvalue weighted by atomic mass is 16.5. The number of anilines is 2. The molecule has 1 aromatic heterocycles. The van der Waals surface area contributed by atoms with Gasteiger partial charge in [0.15, 0.2) is 0 Å². The van der Waals surface area contributed by atoms with E-state index in [-0.39, 0.29) is 6.42 Å². The molecule has 6 nitrogen and oxygen atoms in total. The molecular weight excluding hydrogens is 318 g/mol. The topological polar surface area (TPSA) is 80.3 Å². The number of nitrogens with zero attached hydrogens (tertiary/aromatic N) is 1. The van der Waals surface area contributed by atoms with Crippen LogP contribution in [0.15, 0.2) is 60.8 Å². The van der Waals surface area contributed by atoms with Gasteiger partial charge in [-0.15, -0.1) is 0 Å². The van der Waals surface area contributed by atoms with Crippen LogP contribution in [0.4, 0.5) is 11.4 Å². The first-order valence-electron chi connectivity index (χ1n) is 7.73. The predicted octanol–water partition coefficient (Wildman–Crippen LogP) is 3.21. The second-order valence-electron chi connectivity index (χ2n) is 5.39. The van der Waals surface area contributed by atoms with Gasteiger partial charge < -0.3 is 15.4 Å². The summed E-state index contributed by atoms with van der Waals surface area (Å²) in [6.07, 6.45) is 1.37. The summed E-state index contributed by atoms with van der Waals surface area (Å²) in [5, 5.41) is 6.33. The number of amides is 2. The molecule has 0 spiro atoms. The third-order valence-corrected chi connectivity index (χ3v) is 3.58. The molecule has 0 fully saturated rings. The maximum absolute atomic E-state index is 12.2. The number of aromatic nitrogens is 1. The molecular formula is C19H17N3O3. The van der Waals surface area contributed by atoms with Crippen LogP contribution in [0.2, 0.25) is 0 Å². The van der Waals surface area contributed by atoms with E-state index in [1.807, 2.05) is 24.3 Å². The van der Waals surface area contributed by atoms with Crippen LogP contribution < -0.4 is 15.4 Å². The first-order valence-corrected chi connectivity index (χ1v) is 7.73. The lowest BCUT2D eigenvalue weighted by Crippen LogP contribution is -2.21. The number of carbonyl (C=O) groups is 2. The minimum atomic E-state index is -0.404. The zero-order valence-electron chi connectivity index (χ0n) is 13.7. The van der Waals surface area contributed by atoms with E-state index in [9.17, 15) is 9.59 Å². The van der Waals surface area contributed by atoms with Gasteiger partial charge in [0.2, 0.25) is 11.8 Å². The number of nitrogens with one attached hydrogen (secondary N) is 2. The average Bonchev–Trinajstić information content (AvgIpc) is 2.62. The van der Waals surface area contributed by atoms with Crippen molar-refractivity contribution >= 4 is 34.1 Å². The fraction of sp³-hybridized carbons (Fsp3) is 0.105. The van der Waals surface area contributed by atoms with Crippen molar-refractivity contribution in [2.75, 3.05) is 17.7 Å². The minimum absolute atomic E-state index is 0.291. The predicted molar refractivity (Wildman–Crippen MR) is 96.6 cm³/mol. The summed E-state index contributed by atoms with van der Waals surface area (Å²) >= 11 is 0. The van der Waals surface area contributed by atoms with Crippen LogP contribution in [0.3, 0.4) is 0 Å². The number of pyridine rings is 1. The molecule has 1 heterocycles. The van der Waals surface area contributed by atoms with E-state index in [0.717, 1.165) is 5.39 Å². The summed E-state index contributed by atoms with van der Waals surface area (Å²) in [5.41, 5.74) is 1.84. The summed E-state index contributed by atoms with van der Waals surface area (Å²) in [5.74, 6) is -0.179. The van der Waals surface area contributed by atoms with Crippen LogP contribution in [0.5, 0.6) is 5.75 Å². The smallest absolute Gasteiger partial charge is 0.233 e. The molecule has 0 unspecified atom stereocenters. The van der Waals surface area contributed by atoms with Crippen LogP contribution in [-0.4, -0.2) is 23.9 Å². The Bertz CT molecular complexity index is 919. The largest absolute Gasteiger partial charge is 0.497 e.